The first-order valence-corrected chi connectivity index (χ1v) is 5.15. The van der Waals surface area contributed by atoms with E-state index in [1.165, 1.54) is 18.1 Å². The van der Waals surface area contributed by atoms with Crippen molar-refractivity contribution in [2.75, 3.05) is 19.3 Å². The van der Waals surface area contributed by atoms with E-state index in [0.29, 0.717) is 0 Å². The fraction of sp³-hybridized carbons (Fsp3) is 0.455. The summed E-state index contributed by atoms with van der Waals surface area (Å²) in [6.07, 6.45) is 1.05. The Morgan fingerprint density at radius 1 is 1.59 bits per heavy atom. The number of carbonyl (C=O) groups is 1. The molecule has 0 saturated heterocycles. The molecule has 0 atom stereocenters. The number of carbonyl (C=O) groups excluding carboxylic acids is 1. The second kappa shape index (κ2) is 5.07. The average Bonchev–Trinajstić information content (AvgIpc) is 2.24. The standard InChI is InChI=1S/C11H15F2N3O/c1-11(12,13)5-7-16(2)10(17)9-8(14)4-3-6-15-9/h3-4,6H,5,7,14H2,1-2H3. The summed E-state index contributed by atoms with van der Waals surface area (Å²) in [5, 5.41) is 0. The maximum atomic E-state index is 12.6. The Morgan fingerprint density at radius 2 is 2.24 bits per heavy atom. The number of aromatic nitrogens is 1. The summed E-state index contributed by atoms with van der Waals surface area (Å²) in [7, 11) is 1.45. The second-order valence-corrected chi connectivity index (χ2v) is 3.99. The van der Waals surface area contributed by atoms with Crippen LogP contribution >= 0.6 is 0 Å². The van der Waals surface area contributed by atoms with E-state index in [-0.39, 0.29) is 24.3 Å². The number of anilines is 1. The van der Waals surface area contributed by atoms with Gasteiger partial charge in [0.05, 0.1) is 5.69 Å². The van der Waals surface area contributed by atoms with Crippen molar-refractivity contribution in [3.63, 3.8) is 0 Å². The van der Waals surface area contributed by atoms with E-state index in [2.05, 4.69) is 4.98 Å². The molecule has 94 valence electrons. The number of nitrogens with zero attached hydrogens (tertiary/aromatic N) is 2. The van der Waals surface area contributed by atoms with Gasteiger partial charge in [0, 0.05) is 26.2 Å². The van der Waals surface area contributed by atoms with Crippen molar-refractivity contribution >= 4 is 11.6 Å². The predicted octanol–water partition coefficient (Wildman–Crippen LogP) is 1.78. The predicted molar refractivity (Wildman–Crippen MR) is 60.8 cm³/mol. The average molecular weight is 243 g/mol. The van der Waals surface area contributed by atoms with Crippen molar-refractivity contribution in [2.45, 2.75) is 19.3 Å². The molecule has 0 aliphatic carbocycles. The molecule has 0 fully saturated rings. The van der Waals surface area contributed by atoms with Crippen LogP contribution in [0.15, 0.2) is 18.3 Å². The van der Waals surface area contributed by atoms with Gasteiger partial charge in [-0.3, -0.25) is 4.79 Å². The van der Waals surface area contributed by atoms with Crippen LogP contribution in [0.1, 0.15) is 23.8 Å². The van der Waals surface area contributed by atoms with E-state index in [9.17, 15) is 13.6 Å². The second-order valence-electron chi connectivity index (χ2n) is 3.99. The Bertz CT molecular complexity index is 404. The number of hydrogen-bond donors (Lipinski definition) is 1. The van der Waals surface area contributed by atoms with Gasteiger partial charge in [-0.25, -0.2) is 13.8 Å². The molecule has 0 bridgehead atoms. The molecule has 1 heterocycles. The smallest absolute Gasteiger partial charge is 0.274 e. The van der Waals surface area contributed by atoms with Gasteiger partial charge in [0.15, 0.2) is 5.69 Å². The third-order valence-electron chi connectivity index (χ3n) is 2.27. The first-order valence-electron chi connectivity index (χ1n) is 5.15. The highest BCUT2D eigenvalue weighted by molar-refractivity contribution is 5.96. The highest BCUT2D eigenvalue weighted by Gasteiger charge is 2.23. The normalized spacial score (nSPS) is 11.3. The molecule has 1 aromatic heterocycles. The highest BCUT2D eigenvalue weighted by Crippen LogP contribution is 2.17. The van der Waals surface area contributed by atoms with E-state index >= 15 is 0 Å². The van der Waals surface area contributed by atoms with Gasteiger partial charge in [0.1, 0.15) is 0 Å². The molecule has 1 amide bonds. The minimum Gasteiger partial charge on any atom is -0.397 e. The lowest BCUT2D eigenvalue weighted by Gasteiger charge is -2.19. The zero-order valence-corrected chi connectivity index (χ0v) is 9.78. The number of alkyl halides is 2. The first kappa shape index (κ1) is 13.3. The molecule has 0 spiro atoms. The van der Waals surface area contributed by atoms with Crippen molar-refractivity contribution in [1.29, 1.82) is 0 Å². The van der Waals surface area contributed by atoms with Crippen molar-refractivity contribution in [2.24, 2.45) is 0 Å². The zero-order valence-electron chi connectivity index (χ0n) is 9.78. The number of halogens is 2. The Balaban J connectivity index is 2.68. The summed E-state index contributed by atoms with van der Waals surface area (Å²) < 4.78 is 25.3. The molecule has 0 aliphatic heterocycles. The number of nitrogen functional groups attached to an aromatic ring is 1. The maximum absolute atomic E-state index is 12.6. The SMILES string of the molecule is CN(CCC(C)(F)F)C(=O)c1ncccc1N. The quantitative estimate of drug-likeness (QED) is 0.876. The van der Waals surface area contributed by atoms with Gasteiger partial charge in [0.25, 0.3) is 5.91 Å². The Kier molecular flexibility index (Phi) is 3.98. The minimum atomic E-state index is -2.79. The largest absolute Gasteiger partial charge is 0.397 e. The van der Waals surface area contributed by atoms with Crippen molar-refractivity contribution in [3.05, 3.63) is 24.0 Å². The van der Waals surface area contributed by atoms with Crippen molar-refractivity contribution in [1.82, 2.24) is 9.88 Å². The molecule has 1 rings (SSSR count). The summed E-state index contributed by atoms with van der Waals surface area (Å²) in [5.74, 6) is -3.24. The Morgan fingerprint density at radius 3 is 2.76 bits per heavy atom. The van der Waals surface area contributed by atoms with Crippen LogP contribution in [0.25, 0.3) is 0 Å². The molecular weight excluding hydrogens is 228 g/mol. The summed E-state index contributed by atoms with van der Waals surface area (Å²) in [4.78, 5) is 16.9. The van der Waals surface area contributed by atoms with Gasteiger partial charge in [-0.2, -0.15) is 0 Å². The van der Waals surface area contributed by atoms with Crippen LogP contribution in [0.2, 0.25) is 0 Å². The van der Waals surface area contributed by atoms with Crippen LogP contribution in [-0.2, 0) is 0 Å². The molecule has 0 aromatic carbocycles. The van der Waals surface area contributed by atoms with Gasteiger partial charge in [-0.15, -0.1) is 0 Å². The zero-order chi connectivity index (χ0) is 13.1. The number of rotatable bonds is 4. The van der Waals surface area contributed by atoms with E-state index in [4.69, 9.17) is 5.73 Å². The lowest BCUT2D eigenvalue weighted by Crippen LogP contribution is -2.31. The molecule has 0 aliphatic rings. The summed E-state index contributed by atoms with van der Waals surface area (Å²) in [6.45, 7) is 0.777. The highest BCUT2D eigenvalue weighted by atomic mass is 19.3. The summed E-state index contributed by atoms with van der Waals surface area (Å²) >= 11 is 0. The summed E-state index contributed by atoms with van der Waals surface area (Å²) in [5.41, 5.74) is 5.92. The molecule has 6 heteroatoms. The molecule has 4 nitrogen and oxygen atoms in total. The molecule has 0 unspecified atom stereocenters. The van der Waals surface area contributed by atoms with Crippen molar-refractivity contribution < 1.29 is 13.6 Å². The van der Waals surface area contributed by atoms with Gasteiger partial charge in [-0.05, 0) is 19.1 Å². The fourth-order valence-electron chi connectivity index (χ4n) is 1.24. The van der Waals surface area contributed by atoms with Crippen LogP contribution in [0.4, 0.5) is 14.5 Å². The third kappa shape index (κ3) is 3.97. The lowest BCUT2D eigenvalue weighted by atomic mass is 10.2. The number of amides is 1. The van der Waals surface area contributed by atoms with Crippen LogP contribution in [0, 0.1) is 0 Å². The van der Waals surface area contributed by atoms with Gasteiger partial charge in [-0.1, -0.05) is 0 Å². The monoisotopic (exact) mass is 243 g/mol. The molecule has 0 saturated carbocycles. The Hall–Kier alpha value is -1.72. The van der Waals surface area contributed by atoms with Crippen LogP contribution < -0.4 is 5.73 Å². The molecule has 17 heavy (non-hydrogen) atoms. The molecule has 2 N–H and O–H groups in total. The van der Waals surface area contributed by atoms with Gasteiger partial charge < -0.3 is 10.6 Å². The molecular formula is C11H15F2N3O. The lowest BCUT2D eigenvalue weighted by molar-refractivity contribution is 0.00596. The van der Waals surface area contributed by atoms with Crippen molar-refractivity contribution in [3.8, 4) is 0 Å². The third-order valence-corrected chi connectivity index (χ3v) is 2.27. The van der Waals surface area contributed by atoms with Crippen LogP contribution in [0.3, 0.4) is 0 Å². The van der Waals surface area contributed by atoms with Gasteiger partial charge in [0.2, 0.25) is 5.92 Å². The summed E-state index contributed by atoms with van der Waals surface area (Å²) in [6, 6.07) is 3.15. The maximum Gasteiger partial charge on any atom is 0.274 e. The molecule has 1 aromatic rings. The van der Waals surface area contributed by atoms with E-state index in [0.717, 1.165) is 6.92 Å². The van der Waals surface area contributed by atoms with E-state index in [1.54, 1.807) is 12.1 Å². The van der Waals surface area contributed by atoms with Gasteiger partial charge >= 0.3 is 0 Å². The fourth-order valence-corrected chi connectivity index (χ4v) is 1.24. The first-order chi connectivity index (χ1) is 7.81. The van der Waals surface area contributed by atoms with E-state index in [1.807, 2.05) is 0 Å². The minimum absolute atomic E-state index is 0.0433. The van der Waals surface area contributed by atoms with E-state index < -0.39 is 11.8 Å². The number of hydrogen-bond acceptors (Lipinski definition) is 3. The topological polar surface area (TPSA) is 59.2 Å². The van der Waals surface area contributed by atoms with Crippen LogP contribution in [-0.4, -0.2) is 35.3 Å². The number of pyridine rings is 1. The Labute approximate surface area is 98.4 Å². The van der Waals surface area contributed by atoms with Crippen LogP contribution in [0.5, 0.6) is 0 Å². The number of nitrogens with two attached hydrogens (primary N) is 1. The molecule has 0 radical (unpaired) electrons.